The van der Waals surface area contributed by atoms with Crippen molar-refractivity contribution in [3.8, 4) is 0 Å². The molecule has 1 unspecified atom stereocenters. The van der Waals surface area contributed by atoms with Gasteiger partial charge >= 0.3 is 0 Å². The van der Waals surface area contributed by atoms with Gasteiger partial charge in [0.2, 0.25) is 10.0 Å². The van der Waals surface area contributed by atoms with Crippen molar-refractivity contribution < 1.29 is 16.8 Å². The average Bonchev–Trinajstić information content (AvgIpc) is 2.53. The number of nitrogens with two attached hydrogens (primary N) is 1. The van der Waals surface area contributed by atoms with E-state index in [0.717, 1.165) is 11.3 Å². The second kappa shape index (κ2) is 4.02. The SMILES string of the molecule is CC1CS(=O)(=O)c2sc(S(N)(=O)=O)cc2CN1. The summed E-state index contributed by atoms with van der Waals surface area (Å²) in [5.74, 6) is -0.0371. The van der Waals surface area contributed by atoms with Gasteiger partial charge in [0.05, 0.1) is 5.75 Å². The van der Waals surface area contributed by atoms with Gasteiger partial charge in [-0.25, -0.2) is 22.0 Å². The molecule has 0 aromatic carbocycles. The van der Waals surface area contributed by atoms with E-state index in [0.29, 0.717) is 12.1 Å². The zero-order valence-electron chi connectivity index (χ0n) is 9.00. The Hall–Kier alpha value is -0.480. The van der Waals surface area contributed by atoms with Gasteiger partial charge in [0, 0.05) is 12.6 Å². The number of primary sulfonamides is 1. The molecule has 1 atom stereocenters. The van der Waals surface area contributed by atoms with Gasteiger partial charge in [0.1, 0.15) is 8.42 Å². The highest BCUT2D eigenvalue weighted by molar-refractivity contribution is 7.95. The first-order valence-electron chi connectivity index (χ1n) is 4.82. The fourth-order valence-electron chi connectivity index (χ4n) is 1.66. The number of hydrogen-bond donors (Lipinski definition) is 2. The van der Waals surface area contributed by atoms with Crippen LogP contribution in [0, 0.1) is 0 Å². The maximum atomic E-state index is 12.0. The van der Waals surface area contributed by atoms with E-state index in [2.05, 4.69) is 5.32 Å². The molecule has 0 saturated carbocycles. The van der Waals surface area contributed by atoms with Gasteiger partial charge < -0.3 is 5.32 Å². The Balaban J connectivity index is 2.61. The van der Waals surface area contributed by atoms with E-state index in [4.69, 9.17) is 5.14 Å². The van der Waals surface area contributed by atoms with E-state index in [9.17, 15) is 16.8 Å². The molecule has 9 heteroatoms. The van der Waals surface area contributed by atoms with Crippen LogP contribution < -0.4 is 10.5 Å². The predicted molar refractivity (Wildman–Crippen MR) is 64.0 cm³/mol. The van der Waals surface area contributed by atoms with Crippen molar-refractivity contribution >= 4 is 31.2 Å². The quantitative estimate of drug-likeness (QED) is 0.737. The normalized spacial score (nSPS) is 24.0. The van der Waals surface area contributed by atoms with Crippen molar-refractivity contribution in [3.05, 3.63) is 11.6 Å². The zero-order chi connectivity index (χ0) is 12.8. The second-order valence-corrected chi connectivity index (χ2v) is 9.06. The fourth-order valence-corrected chi connectivity index (χ4v) is 5.93. The largest absolute Gasteiger partial charge is 0.309 e. The average molecular weight is 296 g/mol. The van der Waals surface area contributed by atoms with Gasteiger partial charge in [-0.05, 0) is 18.6 Å². The van der Waals surface area contributed by atoms with Crippen LogP contribution in [0.2, 0.25) is 0 Å². The Morgan fingerprint density at radius 2 is 2.18 bits per heavy atom. The Bertz CT molecular complexity index is 644. The second-order valence-electron chi connectivity index (χ2n) is 3.99. The molecule has 0 bridgehead atoms. The van der Waals surface area contributed by atoms with Crippen LogP contribution >= 0.6 is 11.3 Å². The Morgan fingerprint density at radius 3 is 2.76 bits per heavy atom. The molecule has 1 aromatic rings. The maximum Gasteiger partial charge on any atom is 0.247 e. The van der Waals surface area contributed by atoms with E-state index in [-0.39, 0.29) is 20.2 Å². The molecular weight excluding hydrogens is 284 g/mol. The minimum Gasteiger partial charge on any atom is -0.309 e. The van der Waals surface area contributed by atoms with Gasteiger partial charge in [0.15, 0.2) is 9.84 Å². The lowest BCUT2D eigenvalue weighted by atomic mass is 10.3. The van der Waals surface area contributed by atoms with E-state index < -0.39 is 19.9 Å². The Morgan fingerprint density at radius 1 is 1.53 bits per heavy atom. The topological polar surface area (TPSA) is 106 Å². The lowest BCUT2D eigenvalue weighted by Gasteiger charge is -2.07. The van der Waals surface area contributed by atoms with Gasteiger partial charge in [-0.1, -0.05) is 0 Å². The van der Waals surface area contributed by atoms with Crippen LogP contribution in [-0.4, -0.2) is 28.6 Å². The third-order valence-corrected chi connectivity index (χ3v) is 7.59. The van der Waals surface area contributed by atoms with Crippen molar-refractivity contribution in [1.82, 2.24) is 5.32 Å². The molecule has 0 amide bonds. The molecular formula is C8H12N2O4S3. The summed E-state index contributed by atoms with van der Waals surface area (Å²) in [6.45, 7) is 2.11. The van der Waals surface area contributed by atoms with Crippen LogP contribution in [-0.2, 0) is 26.4 Å². The van der Waals surface area contributed by atoms with Crippen LogP contribution in [0.5, 0.6) is 0 Å². The maximum absolute atomic E-state index is 12.0. The van der Waals surface area contributed by atoms with Gasteiger partial charge in [0.25, 0.3) is 0 Å². The summed E-state index contributed by atoms with van der Waals surface area (Å²) in [5.41, 5.74) is 0.475. The van der Waals surface area contributed by atoms with Crippen LogP contribution in [0.1, 0.15) is 12.5 Å². The number of fused-ring (bicyclic) bond motifs is 1. The van der Waals surface area contributed by atoms with Crippen LogP contribution in [0.25, 0.3) is 0 Å². The van der Waals surface area contributed by atoms with Crippen molar-refractivity contribution in [2.75, 3.05) is 5.75 Å². The first-order valence-corrected chi connectivity index (χ1v) is 8.83. The van der Waals surface area contributed by atoms with Crippen molar-refractivity contribution in [3.63, 3.8) is 0 Å². The summed E-state index contributed by atoms with van der Waals surface area (Å²) >= 11 is 0.724. The standard InChI is InChI=1S/C8H12N2O4S3/c1-5-4-16(11,12)8-6(3-10-5)2-7(15-8)17(9,13)14/h2,5,10H,3-4H2,1H3,(H2,9,13,14). The molecule has 0 aliphatic carbocycles. The third kappa shape index (κ3) is 2.52. The van der Waals surface area contributed by atoms with Crippen LogP contribution in [0.3, 0.4) is 0 Å². The Labute approximate surface area is 104 Å². The van der Waals surface area contributed by atoms with E-state index >= 15 is 0 Å². The summed E-state index contributed by atoms with van der Waals surface area (Å²) < 4.78 is 46.3. The molecule has 1 aliphatic rings. The van der Waals surface area contributed by atoms with Crippen molar-refractivity contribution in [2.45, 2.75) is 27.9 Å². The minimum absolute atomic E-state index is 0.0371. The molecule has 0 radical (unpaired) electrons. The molecule has 1 aromatic heterocycles. The van der Waals surface area contributed by atoms with Crippen LogP contribution in [0.15, 0.2) is 14.5 Å². The number of thiophene rings is 1. The summed E-state index contributed by atoms with van der Waals surface area (Å²) in [6, 6.07) is 1.18. The Kier molecular flexibility index (Phi) is 3.07. The predicted octanol–water partition coefficient (Wildman–Crippen LogP) is -0.339. The summed E-state index contributed by atoms with van der Waals surface area (Å²) in [5, 5.41) is 8.00. The van der Waals surface area contributed by atoms with Crippen molar-refractivity contribution in [2.24, 2.45) is 5.14 Å². The molecule has 17 heavy (non-hydrogen) atoms. The number of nitrogens with one attached hydrogen (secondary N) is 1. The highest BCUT2D eigenvalue weighted by Gasteiger charge is 2.29. The zero-order valence-corrected chi connectivity index (χ0v) is 11.5. The van der Waals surface area contributed by atoms with Gasteiger partial charge in [-0.15, -0.1) is 11.3 Å². The molecule has 1 aliphatic heterocycles. The van der Waals surface area contributed by atoms with E-state index in [1.807, 2.05) is 0 Å². The third-order valence-electron chi connectivity index (χ3n) is 2.42. The number of sulfone groups is 1. The lowest BCUT2D eigenvalue weighted by molar-refractivity contribution is 0.570. The van der Waals surface area contributed by atoms with Gasteiger partial charge in [-0.3, -0.25) is 0 Å². The summed E-state index contributed by atoms with van der Waals surface area (Å²) in [4.78, 5) is 0. The molecule has 3 N–H and O–H groups in total. The molecule has 2 heterocycles. The molecule has 0 fully saturated rings. The van der Waals surface area contributed by atoms with Crippen molar-refractivity contribution in [1.29, 1.82) is 0 Å². The first kappa shape index (κ1) is 13.0. The van der Waals surface area contributed by atoms with E-state index in [1.165, 1.54) is 6.07 Å². The minimum atomic E-state index is -3.85. The van der Waals surface area contributed by atoms with E-state index in [1.54, 1.807) is 6.92 Å². The number of rotatable bonds is 1. The first-order chi connectivity index (χ1) is 7.70. The number of hydrogen-bond acceptors (Lipinski definition) is 6. The number of sulfonamides is 1. The fraction of sp³-hybridized carbons (Fsp3) is 0.500. The van der Waals surface area contributed by atoms with Gasteiger partial charge in [-0.2, -0.15) is 0 Å². The molecule has 96 valence electrons. The smallest absolute Gasteiger partial charge is 0.247 e. The monoisotopic (exact) mass is 296 g/mol. The molecule has 0 saturated heterocycles. The lowest BCUT2D eigenvalue weighted by Crippen LogP contribution is -2.29. The summed E-state index contributed by atoms with van der Waals surface area (Å²) in [6.07, 6.45) is 0. The molecule has 6 nitrogen and oxygen atoms in total. The highest BCUT2D eigenvalue weighted by Crippen LogP contribution is 2.32. The molecule has 0 spiro atoms. The summed E-state index contributed by atoms with van der Waals surface area (Å²) in [7, 11) is -7.28. The van der Waals surface area contributed by atoms with Crippen LogP contribution in [0.4, 0.5) is 0 Å². The highest BCUT2D eigenvalue weighted by atomic mass is 32.3. The molecule has 2 rings (SSSR count).